The molecule has 3 aromatic rings. The first-order valence-electron chi connectivity index (χ1n) is 8.57. The Morgan fingerprint density at radius 3 is 2.79 bits per heavy atom. The molecular formula is C21H21N3O2S2. The molecule has 0 saturated heterocycles. The zero-order chi connectivity index (χ0) is 20.1. The van der Waals surface area contributed by atoms with Gasteiger partial charge in [0.15, 0.2) is 11.6 Å². The smallest absolute Gasteiger partial charge is 0.166 e. The molecule has 0 amide bonds. The van der Waals surface area contributed by atoms with Gasteiger partial charge in [0, 0.05) is 23.5 Å². The SMILES string of the molecule is CSc1ncc(-c2cnc(N)c(OCc3cccc(C#CC(C)(C)O)c3)c2)s1. The predicted molar refractivity (Wildman–Crippen MR) is 115 cm³/mol. The summed E-state index contributed by atoms with van der Waals surface area (Å²) in [4.78, 5) is 9.62. The lowest BCUT2D eigenvalue weighted by Gasteiger charge is -2.10. The standard InChI is InChI=1S/C21H21N3O2S2/c1-21(2,25)8-7-14-5-4-6-15(9-14)13-26-17-10-16(11-23-19(17)22)18-12-24-20(27-3)28-18/h4-6,9-12,25H,13H2,1-3H3,(H2,22,23). The largest absolute Gasteiger partial charge is 0.485 e. The highest BCUT2D eigenvalue weighted by Gasteiger charge is 2.10. The summed E-state index contributed by atoms with van der Waals surface area (Å²) in [5.74, 6) is 6.66. The molecule has 0 fully saturated rings. The van der Waals surface area contributed by atoms with Crippen LogP contribution in [0.15, 0.2) is 47.1 Å². The summed E-state index contributed by atoms with van der Waals surface area (Å²) < 4.78 is 6.91. The number of benzene rings is 1. The number of aliphatic hydroxyl groups is 1. The minimum atomic E-state index is -1.03. The molecule has 144 valence electrons. The van der Waals surface area contributed by atoms with Crippen LogP contribution in [0.3, 0.4) is 0 Å². The maximum Gasteiger partial charge on any atom is 0.166 e. The molecule has 28 heavy (non-hydrogen) atoms. The van der Waals surface area contributed by atoms with Gasteiger partial charge in [-0.25, -0.2) is 9.97 Å². The maximum atomic E-state index is 9.74. The summed E-state index contributed by atoms with van der Waals surface area (Å²) in [6, 6.07) is 9.58. The van der Waals surface area contributed by atoms with Gasteiger partial charge in [-0.05, 0) is 43.9 Å². The summed E-state index contributed by atoms with van der Waals surface area (Å²) in [6.45, 7) is 3.65. The highest BCUT2D eigenvalue weighted by atomic mass is 32.2. The summed E-state index contributed by atoms with van der Waals surface area (Å²) in [5, 5.41) is 9.74. The van der Waals surface area contributed by atoms with Crippen LogP contribution in [-0.4, -0.2) is 26.9 Å². The van der Waals surface area contributed by atoms with Crippen molar-refractivity contribution >= 4 is 28.9 Å². The Hall–Kier alpha value is -2.53. The lowest BCUT2D eigenvalue weighted by atomic mass is 10.1. The molecule has 5 nitrogen and oxygen atoms in total. The van der Waals surface area contributed by atoms with Gasteiger partial charge in [0.1, 0.15) is 16.5 Å². The minimum Gasteiger partial charge on any atom is -0.485 e. The van der Waals surface area contributed by atoms with Gasteiger partial charge in [-0.1, -0.05) is 35.7 Å². The number of nitrogens with two attached hydrogens (primary N) is 1. The number of hydrogen-bond donors (Lipinski definition) is 2. The third-order valence-electron chi connectivity index (χ3n) is 3.66. The van der Waals surface area contributed by atoms with Crippen molar-refractivity contribution < 1.29 is 9.84 Å². The van der Waals surface area contributed by atoms with Gasteiger partial charge in [0.05, 0.1) is 4.88 Å². The Kier molecular flexibility index (Phi) is 6.25. The Labute approximate surface area is 173 Å². The maximum absolute atomic E-state index is 9.74. The van der Waals surface area contributed by atoms with E-state index < -0.39 is 5.60 Å². The van der Waals surface area contributed by atoms with Crippen LogP contribution in [0.4, 0.5) is 5.82 Å². The molecule has 0 bridgehead atoms. The van der Waals surface area contributed by atoms with Gasteiger partial charge in [0.25, 0.3) is 0 Å². The van der Waals surface area contributed by atoms with Gasteiger partial charge >= 0.3 is 0 Å². The fraction of sp³-hybridized carbons (Fsp3) is 0.238. The number of nitrogen functional groups attached to an aromatic ring is 1. The second-order valence-electron chi connectivity index (χ2n) is 6.60. The van der Waals surface area contributed by atoms with Gasteiger partial charge in [-0.15, -0.1) is 11.3 Å². The predicted octanol–water partition coefficient (Wildman–Crippen LogP) is 4.21. The van der Waals surface area contributed by atoms with Crippen molar-refractivity contribution in [3.8, 4) is 28.0 Å². The van der Waals surface area contributed by atoms with Crippen LogP contribution in [0, 0.1) is 11.8 Å². The van der Waals surface area contributed by atoms with E-state index in [2.05, 4.69) is 21.8 Å². The van der Waals surface area contributed by atoms with E-state index in [1.807, 2.05) is 42.8 Å². The number of pyridine rings is 1. The number of ether oxygens (including phenoxy) is 1. The molecule has 3 N–H and O–H groups in total. The van der Waals surface area contributed by atoms with Gasteiger partial charge < -0.3 is 15.6 Å². The first-order valence-corrected chi connectivity index (χ1v) is 10.6. The van der Waals surface area contributed by atoms with Crippen molar-refractivity contribution in [2.24, 2.45) is 0 Å². The Balaban J connectivity index is 1.75. The Bertz CT molecular complexity index is 1030. The Morgan fingerprint density at radius 1 is 1.25 bits per heavy atom. The topological polar surface area (TPSA) is 81.3 Å². The molecule has 2 aromatic heterocycles. The van der Waals surface area contributed by atoms with Crippen molar-refractivity contribution in [1.29, 1.82) is 0 Å². The monoisotopic (exact) mass is 411 g/mol. The number of hydrogen-bond acceptors (Lipinski definition) is 7. The average molecular weight is 412 g/mol. The van der Waals surface area contributed by atoms with Crippen LogP contribution in [0.2, 0.25) is 0 Å². The molecule has 0 radical (unpaired) electrons. The van der Waals surface area contributed by atoms with Gasteiger partial charge in [-0.2, -0.15) is 0 Å². The molecule has 0 unspecified atom stereocenters. The average Bonchev–Trinajstić information content (AvgIpc) is 3.15. The second kappa shape index (κ2) is 8.65. The van der Waals surface area contributed by atoms with E-state index in [-0.39, 0.29) is 0 Å². The third-order valence-corrected chi connectivity index (χ3v) is 5.71. The van der Waals surface area contributed by atoms with Crippen LogP contribution < -0.4 is 10.5 Å². The fourth-order valence-electron chi connectivity index (χ4n) is 2.32. The fourth-order valence-corrected chi connectivity index (χ4v) is 3.71. The molecular weight excluding hydrogens is 390 g/mol. The molecule has 0 aliphatic rings. The van der Waals surface area contributed by atoms with E-state index in [0.29, 0.717) is 18.2 Å². The molecule has 7 heteroatoms. The van der Waals surface area contributed by atoms with Crippen LogP contribution in [0.5, 0.6) is 5.75 Å². The molecule has 1 aromatic carbocycles. The molecule has 0 aliphatic carbocycles. The minimum absolute atomic E-state index is 0.339. The van der Waals surface area contributed by atoms with Crippen molar-refractivity contribution in [3.05, 3.63) is 53.9 Å². The molecule has 0 saturated carbocycles. The number of aromatic nitrogens is 2. The Morgan fingerprint density at radius 2 is 2.07 bits per heavy atom. The normalized spacial score (nSPS) is 11.0. The number of thiazole rings is 1. The van der Waals surface area contributed by atoms with Crippen molar-refractivity contribution in [3.63, 3.8) is 0 Å². The summed E-state index contributed by atoms with van der Waals surface area (Å²) in [6.07, 6.45) is 5.56. The molecule has 0 atom stereocenters. The lowest BCUT2D eigenvalue weighted by molar-refractivity contribution is 0.143. The number of rotatable bonds is 5. The first-order chi connectivity index (χ1) is 13.3. The molecule has 2 heterocycles. The number of thioether (sulfide) groups is 1. The van der Waals surface area contributed by atoms with Gasteiger partial charge in [-0.3, -0.25) is 0 Å². The molecule has 0 spiro atoms. The van der Waals surface area contributed by atoms with Crippen LogP contribution >= 0.6 is 23.1 Å². The molecule has 3 rings (SSSR count). The van der Waals surface area contributed by atoms with Crippen molar-refractivity contribution in [1.82, 2.24) is 9.97 Å². The summed E-state index contributed by atoms with van der Waals surface area (Å²) in [5.41, 5.74) is 7.65. The van der Waals surface area contributed by atoms with E-state index in [0.717, 1.165) is 25.9 Å². The van der Waals surface area contributed by atoms with Crippen LogP contribution in [-0.2, 0) is 6.61 Å². The van der Waals surface area contributed by atoms with E-state index in [1.54, 1.807) is 43.1 Å². The van der Waals surface area contributed by atoms with Crippen LogP contribution in [0.25, 0.3) is 10.4 Å². The third kappa shape index (κ3) is 5.49. The van der Waals surface area contributed by atoms with E-state index in [4.69, 9.17) is 10.5 Å². The van der Waals surface area contributed by atoms with Crippen LogP contribution in [0.1, 0.15) is 25.0 Å². The number of anilines is 1. The summed E-state index contributed by atoms with van der Waals surface area (Å²) >= 11 is 3.21. The van der Waals surface area contributed by atoms with Crippen molar-refractivity contribution in [2.45, 2.75) is 30.4 Å². The van der Waals surface area contributed by atoms with E-state index >= 15 is 0 Å². The number of nitrogens with zero attached hydrogens (tertiary/aromatic N) is 2. The second-order valence-corrected chi connectivity index (χ2v) is 8.68. The lowest BCUT2D eigenvalue weighted by Crippen LogP contribution is -2.14. The zero-order valence-corrected chi connectivity index (χ0v) is 17.5. The van der Waals surface area contributed by atoms with Gasteiger partial charge in [0.2, 0.25) is 0 Å². The highest BCUT2D eigenvalue weighted by molar-refractivity contribution is 8.00. The first kappa shape index (κ1) is 20.2. The quantitative estimate of drug-likeness (QED) is 0.483. The zero-order valence-electron chi connectivity index (χ0n) is 15.9. The highest BCUT2D eigenvalue weighted by Crippen LogP contribution is 2.33. The van der Waals surface area contributed by atoms with Crippen molar-refractivity contribution in [2.75, 3.05) is 12.0 Å². The molecule has 0 aliphatic heterocycles. The summed E-state index contributed by atoms with van der Waals surface area (Å²) in [7, 11) is 0. The van der Waals surface area contributed by atoms with E-state index in [9.17, 15) is 5.11 Å². The van der Waals surface area contributed by atoms with E-state index in [1.165, 1.54) is 0 Å².